The van der Waals surface area contributed by atoms with Crippen molar-refractivity contribution >= 4 is 27.5 Å². The number of para-hydroxylation sites is 1. The van der Waals surface area contributed by atoms with Gasteiger partial charge in [-0.3, -0.25) is 13.9 Å². The second-order valence-electron chi connectivity index (χ2n) is 9.75. The lowest BCUT2D eigenvalue weighted by Crippen LogP contribution is -2.52. The Morgan fingerprint density at radius 1 is 0.872 bits per heavy atom. The van der Waals surface area contributed by atoms with Crippen molar-refractivity contribution in [1.29, 1.82) is 0 Å². The zero-order chi connectivity index (χ0) is 28.4. The molecular formula is C30H37N3O5S. The number of hydrogen-bond donors (Lipinski definition) is 1. The molecule has 3 aromatic rings. The van der Waals surface area contributed by atoms with E-state index in [1.165, 1.54) is 4.90 Å². The number of amides is 2. The second kappa shape index (κ2) is 13.8. The predicted molar refractivity (Wildman–Crippen MR) is 154 cm³/mol. The Hall–Kier alpha value is -3.85. The summed E-state index contributed by atoms with van der Waals surface area (Å²) in [5, 5.41) is 2.92. The minimum absolute atomic E-state index is 0.175. The normalized spacial score (nSPS) is 12.0. The fourth-order valence-corrected chi connectivity index (χ4v) is 4.89. The van der Waals surface area contributed by atoms with Crippen LogP contribution < -0.4 is 14.4 Å². The molecule has 0 aliphatic rings. The van der Waals surface area contributed by atoms with E-state index in [0.29, 0.717) is 30.2 Å². The third-order valence-electron chi connectivity index (χ3n) is 6.05. The van der Waals surface area contributed by atoms with E-state index < -0.39 is 28.5 Å². The van der Waals surface area contributed by atoms with E-state index in [1.807, 2.05) is 81.4 Å². The first-order valence-corrected chi connectivity index (χ1v) is 14.8. The number of sulfonamides is 1. The molecule has 0 aromatic heterocycles. The largest absolute Gasteiger partial charge is 0.457 e. The average Bonchev–Trinajstić information content (AvgIpc) is 2.91. The van der Waals surface area contributed by atoms with E-state index in [0.717, 1.165) is 16.1 Å². The molecule has 39 heavy (non-hydrogen) atoms. The van der Waals surface area contributed by atoms with Gasteiger partial charge in [0.25, 0.3) is 0 Å². The third kappa shape index (κ3) is 8.85. The summed E-state index contributed by atoms with van der Waals surface area (Å²) in [4.78, 5) is 28.3. The molecule has 0 heterocycles. The Bertz CT molecular complexity index is 1310. The van der Waals surface area contributed by atoms with Gasteiger partial charge in [0.15, 0.2) is 0 Å². The van der Waals surface area contributed by atoms with Crippen LogP contribution in [0.4, 0.5) is 5.69 Å². The minimum atomic E-state index is -3.82. The highest BCUT2D eigenvalue weighted by Gasteiger charge is 2.31. The maximum absolute atomic E-state index is 13.7. The van der Waals surface area contributed by atoms with E-state index in [9.17, 15) is 18.0 Å². The molecule has 0 aliphatic carbocycles. The first kappa shape index (κ1) is 29.7. The summed E-state index contributed by atoms with van der Waals surface area (Å²) in [6.45, 7) is 6.04. The highest BCUT2D eigenvalue weighted by molar-refractivity contribution is 7.92. The number of nitrogens with one attached hydrogen (secondary N) is 1. The van der Waals surface area contributed by atoms with Crippen molar-refractivity contribution in [2.75, 3.05) is 23.7 Å². The number of nitrogens with zero attached hydrogens (tertiary/aromatic N) is 2. The first-order chi connectivity index (χ1) is 18.6. The van der Waals surface area contributed by atoms with E-state index >= 15 is 0 Å². The van der Waals surface area contributed by atoms with Crippen LogP contribution in [0.15, 0.2) is 84.9 Å². The zero-order valence-electron chi connectivity index (χ0n) is 22.9. The summed E-state index contributed by atoms with van der Waals surface area (Å²) >= 11 is 0. The molecule has 2 amide bonds. The Kier molecular flexibility index (Phi) is 10.5. The summed E-state index contributed by atoms with van der Waals surface area (Å²) in [5.41, 5.74) is 1.16. The van der Waals surface area contributed by atoms with Crippen molar-refractivity contribution in [3.63, 3.8) is 0 Å². The minimum Gasteiger partial charge on any atom is -0.457 e. The lowest BCUT2D eigenvalue weighted by atomic mass is 10.1. The van der Waals surface area contributed by atoms with Crippen molar-refractivity contribution in [2.24, 2.45) is 5.92 Å². The van der Waals surface area contributed by atoms with Gasteiger partial charge in [-0.25, -0.2) is 8.42 Å². The molecule has 0 spiro atoms. The van der Waals surface area contributed by atoms with E-state index in [4.69, 9.17) is 4.74 Å². The van der Waals surface area contributed by atoms with Crippen LogP contribution in [0.25, 0.3) is 0 Å². The van der Waals surface area contributed by atoms with Crippen molar-refractivity contribution in [3.8, 4) is 11.5 Å². The van der Waals surface area contributed by atoms with Crippen LogP contribution in [-0.2, 0) is 26.2 Å². The fourth-order valence-electron chi connectivity index (χ4n) is 4.04. The highest BCUT2D eigenvalue weighted by atomic mass is 32.2. The molecule has 208 valence electrons. The summed E-state index contributed by atoms with van der Waals surface area (Å²) in [7, 11) is -3.82. The smallest absolute Gasteiger partial charge is 0.244 e. The van der Waals surface area contributed by atoms with Crippen LogP contribution in [0, 0.1) is 5.92 Å². The third-order valence-corrected chi connectivity index (χ3v) is 7.19. The zero-order valence-corrected chi connectivity index (χ0v) is 23.7. The number of anilines is 1. The fraction of sp³-hybridized carbons (Fsp3) is 0.333. The van der Waals surface area contributed by atoms with Crippen molar-refractivity contribution in [1.82, 2.24) is 10.2 Å². The van der Waals surface area contributed by atoms with E-state index in [-0.39, 0.29) is 18.4 Å². The van der Waals surface area contributed by atoms with Crippen LogP contribution in [0.5, 0.6) is 11.5 Å². The van der Waals surface area contributed by atoms with Gasteiger partial charge in [0.2, 0.25) is 21.8 Å². The molecule has 0 unspecified atom stereocenters. The summed E-state index contributed by atoms with van der Waals surface area (Å²) in [5.74, 6) is 0.699. The Labute approximate surface area is 231 Å². The monoisotopic (exact) mass is 551 g/mol. The van der Waals surface area contributed by atoms with Crippen molar-refractivity contribution in [3.05, 3.63) is 90.5 Å². The number of benzene rings is 3. The van der Waals surface area contributed by atoms with Crippen LogP contribution >= 0.6 is 0 Å². The van der Waals surface area contributed by atoms with Gasteiger partial charge in [-0.05, 0) is 54.3 Å². The molecule has 3 rings (SSSR count). The average molecular weight is 552 g/mol. The van der Waals surface area contributed by atoms with Gasteiger partial charge in [0.05, 0.1) is 11.9 Å². The quantitative estimate of drug-likeness (QED) is 0.329. The number of hydrogen-bond acceptors (Lipinski definition) is 5. The van der Waals surface area contributed by atoms with E-state index in [1.54, 1.807) is 24.3 Å². The molecule has 0 fully saturated rings. The topological polar surface area (TPSA) is 96.0 Å². The molecule has 8 nitrogen and oxygen atoms in total. The van der Waals surface area contributed by atoms with Gasteiger partial charge in [-0.1, -0.05) is 69.3 Å². The predicted octanol–water partition coefficient (Wildman–Crippen LogP) is 4.82. The Balaban J connectivity index is 1.86. The number of carbonyl (C=O) groups is 2. The van der Waals surface area contributed by atoms with Crippen molar-refractivity contribution < 1.29 is 22.7 Å². The molecule has 3 aromatic carbocycles. The molecular weight excluding hydrogens is 514 g/mol. The summed E-state index contributed by atoms with van der Waals surface area (Å²) < 4.78 is 32.5. The van der Waals surface area contributed by atoms with Crippen molar-refractivity contribution in [2.45, 2.75) is 39.8 Å². The van der Waals surface area contributed by atoms with Gasteiger partial charge in [0.1, 0.15) is 24.1 Å². The molecule has 0 saturated carbocycles. The lowest BCUT2D eigenvalue weighted by Gasteiger charge is -2.33. The van der Waals surface area contributed by atoms with Crippen LogP contribution in [0.3, 0.4) is 0 Å². The SMILES string of the molecule is CC[C@H](C(=O)NCC(C)C)N(Cc1ccccc1)C(=O)CN(c1ccc(Oc2ccccc2)cc1)S(C)(=O)=O. The Morgan fingerprint density at radius 2 is 1.44 bits per heavy atom. The second-order valence-corrected chi connectivity index (χ2v) is 11.7. The standard InChI is InChI=1S/C30H37N3O5S/c1-5-28(30(35)31-20-23(2)3)32(21-24-12-8-6-9-13-24)29(34)22-33(39(4,36)37)25-16-18-27(19-17-25)38-26-14-10-7-11-15-26/h6-19,23,28H,5,20-22H2,1-4H3,(H,31,35)/t28-/m1/s1. The molecule has 0 radical (unpaired) electrons. The summed E-state index contributed by atoms with van der Waals surface area (Å²) in [6, 6.07) is 24.3. The maximum Gasteiger partial charge on any atom is 0.244 e. The highest BCUT2D eigenvalue weighted by Crippen LogP contribution is 2.26. The van der Waals surface area contributed by atoms with E-state index in [2.05, 4.69) is 5.32 Å². The number of rotatable bonds is 13. The van der Waals surface area contributed by atoms with Gasteiger partial charge in [-0.2, -0.15) is 0 Å². The molecule has 0 aliphatic heterocycles. The number of carbonyl (C=O) groups excluding carboxylic acids is 2. The van der Waals surface area contributed by atoms with Crippen LogP contribution in [0.2, 0.25) is 0 Å². The van der Waals surface area contributed by atoms with Gasteiger partial charge in [-0.15, -0.1) is 0 Å². The van der Waals surface area contributed by atoms with Crippen LogP contribution in [0.1, 0.15) is 32.8 Å². The lowest BCUT2D eigenvalue weighted by molar-refractivity contribution is -0.140. The summed E-state index contributed by atoms with van der Waals surface area (Å²) in [6.07, 6.45) is 1.44. The molecule has 0 saturated heterocycles. The molecule has 9 heteroatoms. The first-order valence-electron chi connectivity index (χ1n) is 13.0. The van der Waals surface area contributed by atoms with Gasteiger partial charge < -0.3 is 15.0 Å². The van der Waals surface area contributed by atoms with Crippen LogP contribution in [-0.4, -0.2) is 50.5 Å². The molecule has 1 atom stereocenters. The Morgan fingerprint density at radius 3 is 1.97 bits per heavy atom. The van der Waals surface area contributed by atoms with Gasteiger partial charge in [0, 0.05) is 13.1 Å². The van der Waals surface area contributed by atoms with Gasteiger partial charge >= 0.3 is 0 Å². The molecule has 0 bridgehead atoms. The maximum atomic E-state index is 13.7. The number of ether oxygens (including phenoxy) is 1. The molecule has 1 N–H and O–H groups in total.